The lowest BCUT2D eigenvalue weighted by atomic mass is 10.1. The quantitative estimate of drug-likeness (QED) is 0.228. The summed E-state index contributed by atoms with van der Waals surface area (Å²) in [6.07, 6.45) is 1.80. The number of aliphatic imine (C=N–C) groups is 1. The largest absolute Gasteiger partial charge is 0.487 e. The third-order valence-electron chi connectivity index (χ3n) is 6.21. The van der Waals surface area contributed by atoms with Gasteiger partial charge in [-0.05, 0) is 91.3 Å². The SMILES string of the molecule is Cc1ccc(N=C2S/C(=C\c3ccc(OCc4ccc(C(=O)O)cc4)c(Cl)c3)C(=O)N2c2ccc(C)cc2)cc1. The van der Waals surface area contributed by atoms with E-state index >= 15 is 0 Å². The number of carbonyl (C=O) groups is 2. The van der Waals surface area contributed by atoms with Crippen molar-refractivity contribution in [1.29, 1.82) is 0 Å². The summed E-state index contributed by atoms with van der Waals surface area (Å²) in [5, 5.41) is 10.0. The van der Waals surface area contributed by atoms with Crippen LogP contribution >= 0.6 is 23.4 Å². The van der Waals surface area contributed by atoms with Gasteiger partial charge in [-0.15, -0.1) is 0 Å². The van der Waals surface area contributed by atoms with Crippen molar-refractivity contribution in [3.8, 4) is 5.75 Å². The second kappa shape index (κ2) is 11.8. The van der Waals surface area contributed by atoms with E-state index in [1.54, 1.807) is 35.2 Å². The number of carboxylic acid groups (broad SMARTS) is 1. The lowest BCUT2D eigenvalue weighted by Gasteiger charge is -2.16. The number of rotatable bonds is 7. The van der Waals surface area contributed by atoms with Gasteiger partial charge in [0.05, 0.1) is 26.9 Å². The fourth-order valence-electron chi connectivity index (χ4n) is 3.98. The van der Waals surface area contributed by atoms with Crippen molar-refractivity contribution in [2.45, 2.75) is 20.5 Å². The van der Waals surface area contributed by atoms with Crippen LogP contribution < -0.4 is 9.64 Å². The van der Waals surface area contributed by atoms with Crippen molar-refractivity contribution in [1.82, 2.24) is 0 Å². The number of thioether (sulfide) groups is 1. The molecule has 4 aromatic rings. The molecule has 0 spiro atoms. The van der Waals surface area contributed by atoms with Gasteiger partial charge in [0.25, 0.3) is 5.91 Å². The van der Waals surface area contributed by atoms with E-state index in [-0.39, 0.29) is 18.1 Å². The molecule has 1 amide bonds. The fourth-order valence-corrected chi connectivity index (χ4v) is 5.22. The van der Waals surface area contributed by atoms with E-state index in [4.69, 9.17) is 26.4 Å². The molecule has 5 rings (SSSR count). The van der Waals surface area contributed by atoms with Crippen molar-refractivity contribution in [2.75, 3.05) is 4.90 Å². The molecule has 8 heteroatoms. The highest BCUT2D eigenvalue weighted by molar-refractivity contribution is 8.19. The maximum absolute atomic E-state index is 13.6. The van der Waals surface area contributed by atoms with Gasteiger partial charge in [-0.1, -0.05) is 65.2 Å². The molecule has 200 valence electrons. The topological polar surface area (TPSA) is 79.2 Å². The van der Waals surface area contributed by atoms with Crippen molar-refractivity contribution >= 4 is 57.9 Å². The molecule has 0 radical (unpaired) electrons. The van der Waals surface area contributed by atoms with Crippen molar-refractivity contribution in [2.24, 2.45) is 4.99 Å². The Bertz CT molecular complexity index is 1630. The van der Waals surface area contributed by atoms with Gasteiger partial charge < -0.3 is 9.84 Å². The van der Waals surface area contributed by atoms with Crippen LogP contribution in [0.1, 0.15) is 32.6 Å². The van der Waals surface area contributed by atoms with E-state index in [1.165, 1.54) is 23.9 Å². The zero-order valence-electron chi connectivity index (χ0n) is 21.8. The molecule has 4 aromatic carbocycles. The summed E-state index contributed by atoms with van der Waals surface area (Å²) in [6.45, 7) is 4.26. The zero-order chi connectivity index (χ0) is 28.2. The molecular formula is C32H25ClN2O4S. The molecule has 0 atom stereocenters. The van der Waals surface area contributed by atoms with Gasteiger partial charge in [0.2, 0.25) is 0 Å². The second-order valence-corrected chi connectivity index (χ2v) is 10.7. The number of amides is 1. The molecule has 40 heavy (non-hydrogen) atoms. The number of benzene rings is 4. The Kier molecular flexibility index (Phi) is 8.05. The molecule has 0 bridgehead atoms. The summed E-state index contributed by atoms with van der Waals surface area (Å²) in [4.78, 5) is 31.6. The number of carboxylic acids is 1. The first-order valence-electron chi connectivity index (χ1n) is 12.5. The van der Waals surface area contributed by atoms with Crippen molar-refractivity contribution < 1.29 is 19.4 Å². The molecule has 6 nitrogen and oxygen atoms in total. The highest BCUT2D eigenvalue weighted by Crippen LogP contribution is 2.38. The van der Waals surface area contributed by atoms with E-state index < -0.39 is 5.97 Å². The minimum Gasteiger partial charge on any atom is -0.487 e. The maximum Gasteiger partial charge on any atom is 0.335 e. The van der Waals surface area contributed by atoms with Crippen LogP contribution in [-0.4, -0.2) is 22.2 Å². The third-order valence-corrected chi connectivity index (χ3v) is 7.47. The molecule has 1 aliphatic heterocycles. The highest BCUT2D eigenvalue weighted by atomic mass is 35.5. The molecular weight excluding hydrogens is 544 g/mol. The molecule has 1 saturated heterocycles. The first-order valence-corrected chi connectivity index (χ1v) is 13.7. The Morgan fingerprint density at radius 3 is 2.23 bits per heavy atom. The Labute approximate surface area is 241 Å². The van der Waals surface area contributed by atoms with E-state index in [0.29, 0.717) is 20.8 Å². The fraction of sp³-hybridized carbons (Fsp3) is 0.0938. The van der Waals surface area contributed by atoms with Crippen LogP contribution in [0, 0.1) is 13.8 Å². The number of ether oxygens (including phenoxy) is 1. The Hall–Kier alpha value is -4.33. The van der Waals surface area contributed by atoms with Gasteiger partial charge in [-0.3, -0.25) is 9.69 Å². The number of halogens is 1. The number of aryl methyl sites for hydroxylation is 2. The Morgan fingerprint density at radius 1 is 0.950 bits per heavy atom. The standard InChI is InChI=1S/C32H25ClN2O4S/c1-20-3-12-25(13-4-20)34-32-35(26-14-5-21(2)6-15-26)30(36)29(40-32)18-23-9-16-28(27(33)17-23)39-19-22-7-10-24(11-8-22)31(37)38/h3-18H,19H2,1-2H3,(H,37,38)/b29-18-,34-32?. The second-order valence-electron chi connectivity index (χ2n) is 9.30. The van der Waals surface area contributed by atoms with Gasteiger partial charge >= 0.3 is 5.97 Å². The van der Waals surface area contributed by atoms with E-state index in [1.807, 2.05) is 68.4 Å². The summed E-state index contributed by atoms with van der Waals surface area (Å²) < 4.78 is 5.85. The van der Waals surface area contributed by atoms with Crippen LogP contribution in [0.5, 0.6) is 5.75 Å². The van der Waals surface area contributed by atoms with Gasteiger partial charge in [-0.25, -0.2) is 9.79 Å². The first-order chi connectivity index (χ1) is 19.3. The summed E-state index contributed by atoms with van der Waals surface area (Å²) in [5.74, 6) is -0.657. The smallest absolute Gasteiger partial charge is 0.335 e. The molecule has 1 fully saturated rings. The maximum atomic E-state index is 13.6. The average Bonchev–Trinajstić information content (AvgIpc) is 3.24. The number of hydrogen-bond acceptors (Lipinski definition) is 5. The number of carbonyl (C=O) groups excluding carboxylic acids is 1. The van der Waals surface area contributed by atoms with Crippen LogP contribution in [0.4, 0.5) is 11.4 Å². The zero-order valence-corrected chi connectivity index (χ0v) is 23.4. The third kappa shape index (κ3) is 6.28. The molecule has 1 N–H and O–H groups in total. The van der Waals surface area contributed by atoms with Crippen LogP contribution in [-0.2, 0) is 11.4 Å². The minimum absolute atomic E-state index is 0.166. The monoisotopic (exact) mass is 568 g/mol. The number of hydrogen-bond donors (Lipinski definition) is 1. The van der Waals surface area contributed by atoms with Gasteiger partial charge in [0.1, 0.15) is 12.4 Å². The Balaban J connectivity index is 1.38. The summed E-state index contributed by atoms with van der Waals surface area (Å²) in [6, 6.07) is 27.4. The van der Waals surface area contributed by atoms with Crippen LogP contribution in [0.15, 0.2) is 101 Å². The number of nitrogens with zero attached hydrogens (tertiary/aromatic N) is 2. The van der Waals surface area contributed by atoms with Gasteiger partial charge in [0, 0.05) is 0 Å². The Morgan fingerprint density at radius 2 is 1.60 bits per heavy atom. The van der Waals surface area contributed by atoms with Crippen LogP contribution in [0.3, 0.4) is 0 Å². The summed E-state index contributed by atoms with van der Waals surface area (Å²) >= 11 is 7.83. The molecule has 1 aliphatic rings. The summed E-state index contributed by atoms with van der Waals surface area (Å²) in [7, 11) is 0. The van der Waals surface area contributed by atoms with E-state index in [2.05, 4.69) is 0 Å². The van der Waals surface area contributed by atoms with E-state index in [0.717, 1.165) is 33.6 Å². The lowest BCUT2D eigenvalue weighted by molar-refractivity contribution is -0.113. The highest BCUT2D eigenvalue weighted by Gasteiger charge is 2.34. The molecule has 1 heterocycles. The normalized spacial score (nSPS) is 15.2. The molecule has 0 unspecified atom stereocenters. The molecule has 0 aliphatic carbocycles. The predicted octanol–water partition coefficient (Wildman–Crippen LogP) is 8.04. The van der Waals surface area contributed by atoms with Crippen LogP contribution in [0.25, 0.3) is 6.08 Å². The number of aromatic carboxylic acids is 1. The average molecular weight is 569 g/mol. The van der Waals surface area contributed by atoms with Crippen molar-refractivity contribution in [3.05, 3.63) is 129 Å². The van der Waals surface area contributed by atoms with Crippen molar-refractivity contribution in [3.63, 3.8) is 0 Å². The van der Waals surface area contributed by atoms with Gasteiger partial charge in [-0.2, -0.15) is 0 Å². The van der Waals surface area contributed by atoms with Gasteiger partial charge in [0.15, 0.2) is 5.17 Å². The number of amidine groups is 1. The van der Waals surface area contributed by atoms with Crippen LogP contribution in [0.2, 0.25) is 5.02 Å². The van der Waals surface area contributed by atoms with E-state index in [9.17, 15) is 9.59 Å². The summed E-state index contributed by atoms with van der Waals surface area (Å²) in [5.41, 5.74) is 5.53. The minimum atomic E-state index is -0.977. The number of anilines is 1. The first kappa shape index (κ1) is 27.2. The predicted molar refractivity (Wildman–Crippen MR) is 162 cm³/mol. The molecule has 0 saturated carbocycles. The lowest BCUT2D eigenvalue weighted by Crippen LogP contribution is -2.28. The molecule has 0 aromatic heterocycles.